The van der Waals surface area contributed by atoms with Crippen LogP contribution in [0.5, 0.6) is 5.75 Å². The molecular weight excluding hydrogens is 440 g/mol. The number of rotatable bonds is 8. The summed E-state index contributed by atoms with van der Waals surface area (Å²) in [6, 6.07) is 5.52. The first-order chi connectivity index (χ1) is 17.2. The SMILES string of the molecule is CC(CCC[C@@H](C)[C@H]1CC[C@H]2[C@@H]3CCC4CCCC[C@]4(C)[C@H]3CC[C@]12C)COc1cc(N)cc(N)c1. The Labute approximate surface area is 221 Å². The van der Waals surface area contributed by atoms with Crippen LogP contribution in [0.2, 0.25) is 0 Å². The molecule has 0 amide bonds. The van der Waals surface area contributed by atoms with Crippen LogP contribution < -0.4 is 16.2 Å². The highest BCUT2D eigenvalue weighted by Gasteiger charge is 2.60. The molecule has 0 saturated heterocycles. The maximum atomic E-state index is 6.01. The summed E-state index contributed by atoms with van der Waals surface area (Å²) >= 11 is 0. The van der Waals surface area contributed by atoms with E-state index in [-0.39, 0.29) is 0 Å². The third kappa shape index (κ3) is 4.90. The summed E-state index contributed by atoms with van der Waals surface area (Å²) in [7, 11) is 0. The lowest BCUT2D eigenvalue weighted by Gasteiger charge is -2.61. The number of benzene rings is 1. The third-order valence-corrected chi connectivity index (χ3v) is 12.2. The molecule has 9 atom stereocenters. The lowest BCUT2D eigenvalue weighted by Crippen LogP contribution is -2.53. The van der Waals surface area contributed by atoms with E-state index in [4.69, 9.17) is 16.2 Å². The summed E-state index contributed by atoms with van der Waals surface area (Å²) in [6.07, 6.45) is 19.1. The van der Waals surface area contributed by atoms with Gasteiger partial charge in [0.2, 0.25) is 0 Å². The fourth-order valence-corrected chi connectivity index (χ4v) is 10.3. The van der Waals surface area contributed by atoms with E-state index in [1.807, 2.05) is 12.1 Å². The maximum Gasteiger partial charge on any atom is 0.123 e. The van der Waals surface area contributed by atoms with Crippen molar-refractivity contribution in [1.82, 2.24) is 0 Å². The number of anilines is 2. The smallest absolute Gasteiger partial charge is 0.123 e. The van der Waals surface area contributed by atoms with Crippen molar-refractivity contribution in [2.45, 2.75) is 111 Å². The number of nitrogen functional groups attached to an aromatic ring is 2. The minimum Gasteiger partial charge on any atom is -0.493 e. The maximum absolute atomic E-state index is 6.01. The molecule has 4 saturated carbocycles. The van der Waals surface area contributed by atoms with E-state index in [9.17, 15) is 0 Å². The third-order valence-electron chi connectivity index (χ3n) is 12.2. The lowest BCUT2D eigenvalue weighted by atomic mass is 9.44. The van der Waals surface area contributed by atoms with E-state index < -0.39 is 0 Å². The minimum atomic E-state index is 0.550. The van der Waals surface area contributed by atoms with Gasteiger partial charge in [-0.2, -0.15) is 0 Å². The van der Waals surface area contributed by atoms with Gasteiger partial charge in [-0.05, 0) is 116 Å². The molecule has 0 bridgehead atoms. The molecule has 3 nitrogen and oxygen atoms in total. The zero-order valence-electron chi connectivity index (χ0n) is 23.7. The predicted molar refractivity (Wildman–Crippen MR) is 153 cm³/mol. The minimum absolute atomic E-state index is 0.550. The first-order valence-corrected chi connectivity index (χ1v) is 15.5. The molecule has 3 heteroatoms. The van der Waals surface area contributed by atoms with Gasteiger partial charge in [0.05, 0.1) is 6.61 Å². The van der Waals surface area contributed by atoms with E-state index in [2.05, 4.69) is 27.7 Å². The molecule has 4 aliphatic carbocycles. The Morgan fingerprint density at radius 1 is 0.833 bits per heavy atom. The molecule has 0 aliphatic heterocycles. The Kier molecular flexibility index (Phi) is 7.59. The lowest BCUT2D eigenvalue weighted by molar-refractivity contribution is -0.114. The largest absolute Gasteiger partial charge is 0.493 e. The molecule has 4 N–H and O–H groups in total. The van der Waals surface area contributed by atoms with Gasteiger partial charge in [0.25, 0.3) is 0 Å². The molecule has 36 heavy (non-hydrogen) atoms. The first kappa shape index (κ1) is 26.2. The van der Waals surface area contributed by atoms with Crippen molar-refractivity contribution in [2.75, 3.05) is 18.1 Å². The Balaban J connectivity index is 1.12. The normalized spacial score (nSPS) is 39.5. The van der Waals surface area contributed by atoms with Gasteiger partial charge in [0.1, 0.15) is 5.75 Å². The molecular formula is C33H54N2O. The fourth-order valence-electron chi connectivity index (χ4n) is 10.3. The second-order valence-corrected chi connectivity index (χ2v) is 14.3. The van der Waals surface area contributed by atoms with Crippen LogP contribution in [0.25, 0.3) is 0 Å². The van der Waals surface area contributed by atoms with Gasteiger partial charge in [0, 0.05) is 23.5 Å². The monoisotopic (exact) mass is 494 g/mol. The molecule has 0 radical (unpaired) electrons. The van der Waals surface area contributed by atoms with Crippen LogP contribution in [-0.2, 0) is 0 Å². The molecule has 0 aromatic heterocycles. The van der Waals surface area contributed by atoms with Crippen molar-refractivity contribution in [3.63, 3.8) is 0 Å². The average molecular weight is 495 g/mol. The van der Waals surface area contributed by atoms with Crippen LogP contribution >= 0.6 is 0 Å². The van der Waals surface area contributed by atoms with Gasteiger partial charge >= 0.3 is 0 Å². The number of hydrogen-bond acceptors (Lipinski definition) is 3. The molecule has 202 valence electrons. The topological polar surface area (TPSA) is 61.3 Å². The Bertz CT molecular complexity index is 879. The highest BCUT2D eigenvalue weighted by Crippen LogP contribution is 2.68. The van der Waals surface area contributed by atoms with Crippen molar-refractivity contribution in [1.29, 1.82) is 0 Å². The van der Waals surface area contributed by atoms with Crippen molar-refractivity contribution in [3.8, 4) is 5.75 Å². The van der Waals surface area contributed by atoms with Crippen molar-refractivity contribution < 1.29 is 4.74 Å². The van der Waals surface area contributed by atoms with Gasteiger partial charge in [-0.1, -0.05) is 53.4 Å². The highest BCUT2D eigenvalue weighted by atomic mass is 16.5. The Morgan fingerprint density at radius 3 is 2.36 bits per heavy atom. The van der Waals surface area contributed by atoms with Crippen molar-refractivity contribution in [2.24, 2.45) is 52.3 Å². The standard InChI is InChI=1S/C33H54N2O/c1-22(21-36-27-19-25(34)18-26(35)20-27)8-7-9-23(2)29-13-14-30-28-12-11-24-10-5-6-16-32(24,3)31(28)15-17-33(29,30)4/h18-20,22-24,28-31H,5-17,21,34-35H2,1-4H3/t22?,23-,24?,28+,29-,30+,31+,32+,33-/m1/s1. The van der Waals surface area contributed by atoms with Gasteiger partial charge < -0.3 is 16.2 Å². The molecule has 2 unspecified atom stereocenters. The molecule has 4 fully saturated rings. The zero-order valence-corrected chi connectivity index (χ0v) is 23.7. The second kappa shape index (κ2) is 10.4. The van der Waals surface area contributed by atoms with E-state index in [0.29, 0.717) is 28.1 Å². The zero-order chi connectivity index (χ0) is 25.5. The van der Waals surface area contributed by atoms with Crippen LogP contribution in [0.4, 0.5) is 11.4 Å². The average Bonchev–Trinajstić information content (AvgIpc) is 3.19. The molecule has 0 spiro atoms. The summed E-state index contributed by atoms with van der Waals surface area (Å²) in [6.45, 7) is 11.1. The summed E-state index contributed by atoms with van der Waals surface area (Å²) in [5, 5.41) is 0. The Morgan fingerprint density at radius 2 is 1.58 bits per heavy atom. The summed E-state index contributed by atoms with van der Waals surface area (Å²) in [5.41, 5.74) is 14.4. The number of nitrogens with two attached hydrogens (primary N) is 2. The fraction of sp³-hybridized carbons (Fsp3) is 0.818. The van der Waals surface area contributed by atoms with Crippen LogP contribution in [0.3, 0.4) is 0 Å². The summed E-state index contributed by atoms with van der Waals surface area (Å²) < 4.78 is 6.01. The predicted octanol–water partition coefficient (Wildman–Crippen LogP) is 8.72. The van der Waals surface area contributed by atoms with E-state index in [1.165, 1.54) is 77.0 Å². The second-order valence-electron chi connectivity index (χ2n) is 14.3. The van der Waals surface area contributed by atoms with Crippen molar-refractivity contribution >= 4 is 11.4 Å². The highest BCUT2D eigenvalue weighted by molar-refractivity contribution is 5.56. The van der Waals surface area contributed by atoms with Crippen LogP contribution in [0.1, 0.15) is 111 Å². The number of ether oxygens (including phenoxy) is 1. The number of fused-ring (bicyclic) bond motifs is 5. The van der Waals surface area contributed by atoms with Crippen molar-refractivity contribution in [3.05, 3.63) is 18.2 Å². The van der Waals surface area contributed by atoms with E-state index in [1.54, 1.807) is 12.5 Å². The summed E-state index contributed by atoms with van der Waals surface area (Å²) in [5.74, 6) is 7.22. The quantitative estimate of drug-likeness (QED) is 0.355. The van der Waals surface area contributed by atoms with Crippen LogP contribution in [-0.4, -0.2) is 6.61 Å². The van der Waals surface area contributed by atoms with Crippen LogP contribution in [0.15, 0.2) is 18.2 Å². The summed E-state index contributed by atoms with van der Waals surface area (Å²) in [4.78, 5) is 0. The van der Waals surface area contributed by atoms with Gasteiger partial charge in [-0.3, -0.25) is 0 Å². The van der Waals surface area contributed by atoms with Gasteiger partial charge in [0.15, 0.2) is 0 Å². The molecule has 1 aromatic carbocycles. The molecule has 4 aliphatic rings. The Hall–Kier alpha value is -1.38. The van der Waals surface area contributed by atoms with Crippen LogP contribution in [0, 0.1) is 52.3 Å². The van der Waals surface area contributed by atoms with Gasteiger partial charge in [-0.25, -0.2) is 0 Å². The van der Waals surface area contributed by atoms with E-state index in [0.717, 1.165) is 47.9 Å². The van der Waals surface area contributed by atoms with E-state index >= 15 is 0 Å². The number of hydrogen-bond donors (Lipinski definition) is 2. The molecule has 0 heterocycles. The molecule has 1 aromatic rings. The first-order valence-electron chi connectivity index (χ1n) is 15.5. The van der Waals surface area contributed by atoms with Gasteiger partial charge in [-0.15, -0.1) is 0 Å². The molecule has 5 rings (SSSR count).